The van der Waals surface area contributed by atoms with Gasteiger partial charge in [-0.3, -0.25) is 9.59 Å². The minimum atomic E-state index is -0.167. The maximum atomic E-state index is 12.4. The molecule has 0 bridgehead atoms. The topological polar surface area (TPSA) is 60.4 Å². The van der Waals surface area contributed by atoms with E-state index in [1.165, 1.54) is 6.92 Å². The summed E-state index contributed by atoms with van der Waals surface area (Å²) in [5.74, 6) is 2.98. The van der Waals surface area contributed by atoms with Crippen LogP contribution >= 0.6 is 0 Å². The van der Waals surface area contributed by atoms with Gasteiger partial charge >= 0.3 is 5.97 Å². The van der Waals surface area contributed by atoms with Crippen LogP contribution in [0, 0.1) is 29.6 Å². The van der Waals surface area contributed by atoms with Crippen molar-refractivity contribution in [2.24, 2.45) is 29.6 Å². The van der Waals surface area contributed by atoms with Gasteiger partial charge in [0.05, 0.1) is 0 Å². The smallest absolute Gasteiger partial charge is 0.302 e. The minimum Gasteiger partial charge on any atom is -0.463 e. The summed E-state index contributed by atoms with van der Waals surface area (Å²) in [5.41, 5.74) is 0. The first-order chi connectivity index (χ1) is 11.5. The first-order valence-electron chi connectivity index (χ1n) is 9.65. The summed E-state index contributed by atoms with van der Waals surface area (Å²) in [5, 5.41) is 0. The van der Waals surface area contributed by atoms with E-state index < -0.39 is 0 Å². The van der Waals surface area contributed by atoms with E-state index in [-0.39, 0.29) is 23.8 Å². The van der Waals surface area contributed by atoms with E-state index >= 15 is 0 Å². The standard InChI is InChI=1S/C20H30O4/c1-12(21)3-6-19-18-7-4-14-11-15(24-13(2)22)5-8-16(14)17(18)9-10-20(19)23/h14-19H,3-11H2,1-2H3/t14-,15+,16-,17+,18+,19-/m0/s1. The average Bonchev–Trinajstić information content (AvgIpc) is 2.52. The van der Waals surface area contributed by atoms with E-state index in [9.17, 15) is 14.4 Å². The second-order valence-electron chi connectivity index (χ2n) is 8.23. The monoisotopic (exact) mass is 334 g/mol. The summed E-state index contributed by atoms with van der Waals surface area (Å²) in [7, 11) is 0. The molecule has 3 aliphatic carbocycles. The number of hydrogen-bond acceptors (Lipinski definition) is 4. The van der Waals surface area contributed by atoms with E-state index in [1.807, 2.05) is 0 Å². The molecule has 134 valence electrons. The molecular weight excluding hydrogens is 304 g/mol. The van der Waals surface area contributed by atoms with E-state index in [0.717, 1.165) is 44.9 Å². The number of hydrogen-bond donors (Lipinski definition) is 0. The van der Waals surface area contributed by atoms with Gasteiger partial charge in [0.25, 0.3) is 0 Å². The van der Waals surface area contributed by atoms with Crippen molar-refractivity contribution in [3.8, 4) is 0 Å². The number of ketones is 2. The Morgan fingerprint density at radius 2 is 1.75 bits per heavy atom. The van der Waals surface area contributed by atoms with Gasteiger partial charge in [-0.25, -0.2) is 0 Å². The Morgan fingerprint density at radius 3 is 2.46 bits per heavy atom. The lowest BCUT2D eigenvalue weighted by atomic mass is 9.54. The van der Waals surface area contributed by atoms with Gasteiger partial charge in [0.15, 0.2) is 0 Å². The van der Waals surface area contributed by atoms with E-state index in [2.05, 4.69) is 0 Å². The van der Waals surface area contributed by atoms with Crippen molar-refractivity contribution in [1.29, 1.82) is 0 Å². The summed E-state index contributed by atoms with van der Waals surface area (Å²) < 4.78 is 5.45. The van der Waals surface area contributed by atoms with Crippen molar-refractivity contribution in [2.45, 2.75) is 77.7 Å². The van der Waals surface area contributed by atoms with Crippen LogP contribution in [-0.2, 0) is 19.1 Å². The average molecular weight is 334 g/mol. The molecule has 3 rings (SSSR count). The zero-order valence-electron chi connectivity index (χ0n) is 15.0. The SMILES string of the molecule is CC(=O)CC[C@@H]1C(=O)CC[C@H]2[C@H]1CC[C@H]1C[C@H](OC(C)=O)CC[C@@H]12. The van der Waals surface area contributed by atoms with Crippen molar-refractivity contribution in [3.05, 3.63) is 0 Å². The molecular formula is C20H30O4. The lowest BCUT2D eigenvalue weighted by molar-refractivity contribution is -0.152. The highest BCUT2D eigenvalue weighted by atomic mass is 16.5. The molecule has 24 heavy (non-hydrogen) atoms. The molecule has 0 heterocycles. The third-order valence-electron chi connectivity index (χ3n) is 6.76. The fourth-order valence-electron chi connectivity index (χ4n) is 5.81. The Morgan fingerprint density at radius 1 is 1.00 bits per heavy atom. The van der Waals surface area contributed by atoms with Crippen LogP contribution in [0.2, 0.25) is 0 Å². The lowest BCUT2D eigenvalue weighted by Gasteiger charge is -2.51. The molecule has 0 aromatic carbocycles. The third-order valence-corrected chi connectivity index (χ3v) is 6.76. The van der Waals surface area contributed by atoms with Crippen LogP contribution < -0.4 is 0 Å². The molecule has 3 fully saturated rings. The Kier molecular flexibility index (Phi) is 5.41. The molecule has 0 spiro atoms. The van der Waals surface area contributed by atoms with Crippen LogP contribution in [0.5, 0.6) is 0 Å². The van der Waals surface area contributed by atoms with Gasteiger partial charge in [-0.15, -0.1) is 0 Å². The summed E-state index contributed by atoms with van der Waals surface area (Å²) in [6.07, 6.45) is 8.46. The van der Waals surface area contributed by atoms with E-state index in [4.69, 9.17) is 4.74 Å². The van der Waals surface area contributed by atoms with E-state index in [1.54, 1.807) is 6.92 Å². The summed E-state index contributed by atoms with van der Waals surface area (Å²) >= 11 is 0. The maximum Gasteiger partial charge on any atom is 0.302 e. The Labute approximate surface area is 144 Å². The normalized spacial score (nSPS) is 38.8. The molecule has 0 aromatic rings. The first kappa shape index (κ1) is 17.6. The molecule has 4 nitrogen and oxygen atoms in total. The van der Waals surface area contributed by atoms with Crippen molar-refractivity contribution < 1.29 is 19.1 Å². The second kappa shape index (κ2) is 7.37. The van der Waals surface area contributed by atoms with Gasteiger partial charge in [-0.2, -0.15) is 0 Å². The Balaban J connectivity index is 1.66. The largest absolute Gasteiger partial charge is 0.463 e. The number of fused-ring (bicyclic) bond motifs is 3. The summed E-state index contributed by atoms with van der Waals surface area (Å²) in [6, 6.07) is 0. The predicted molar refractivity (Wildman–Crippen MR) is 90.2 cm³/mol. The van der Waals surface area contributed by atoms with Crippen LogP contribution in [0.15, 0.2) is 0 Å². The fraction of sp³-hybridized carbons (Fsp3) is 0.850. The number of carbonyl (C=O) groups excluding carboxylic acids is 3. The highest BCUT2D eigenvalue weighted by molar-refractivity contribution is 5.83. The van der Waals surface area contributed by atoms with Crippen molar-refractivity contribution >= 4 is 17.5 Å². The van der Waals surface area contributed by atoms with Crippen LogP contribution in [0.25, 0.3) is 0 Å². The number of rotatable bonds is 4. The van der Waals surface area contributed by atoms with Gasteiger partial charge in [0.1, 0.15) is 17.7 Å². The molecule has 0 amide bonds. The molecule has 0 aliphatic heterocycles. The molecule has 0 radical (unpaired) electrons. The van der Waals surface area contributed by atoms with Crippen LogP contribution in [0.3, 0.4) is 0 Å². The van der Waals surface area contributed by atoms with Crippen molar-refractivity contribution in [1.82, 2.24) is 0 Å². The van der Waals surface area contributed by atoms with Crippen LogP contribution in [-0.4, -0.2) is 23.6 Å². The summed E-state index contributed by atoms with van der Waals surface area (Å²) in [6.45, 7) is 3.12. The van der Waals surface area contributed by atoms with Gasteiger partial charge < -0.3 is 9.53 Å². The van der Waals surface area contributed by atoms with Crippen LogP contribution in [0.1, 0.15) is 71.6 Å². The zero-order chi connectivity index (χ0) is 17.3. The van der Waals surface area contributed by atoms with Gasteiger partial charge in [0.2, 0.25) is 0 Å². The predicted octanol–water partition coefficient (Wildman–Crippen LogP) is 3.71. The van der Waals surface area contributed by atoms with Gasteiger partial charge in [-0.05, 0) is 75.5 Å². The quantitative estimate of drug-likeness (QED) is 0.735. The molecule has 0 unspecified atom stereocenters. The molecule has 0 aromatic heterocycles. The number of Topliss-reactive ketones (excluding diaryl/α,β-unsaturated/α-hetero) is 2. The zero-order valence-corrected chi connectivity index (χ0v) is 15.0. The Hall–Kier alpha value is -1.19. The van der Waals surface area contributed by atoms with Crippen molar-refractivity contribution in [3.63, 3.8) is 0 Å². The molecule has 0 N–H and O–H groups in total. The van der Waals surface area contributed by atoms with Gasteiger partial charge in [0, 0.05) is 25.7 Å². The lowest BCUT2D eigenvalue weighted by Crippen LogP contribution is -2.46. The third kappa shape index (κ3) is 3.73. The maximum absolute atomic E-state index is 12.4. The number of carbonyl (C=O) groups is 3. The molecule has 3 saturated carbocycles. The number of ether oxygens (including phenoxy) is 1. The number of esters is 1. The minimum absolute atomic E-state index is 0.0963. The molecule has 0 saturated heterocycles. The highest BCUT2D eigenvalue weighted by Gasteiger charge is 2.48. The van der Waals surface area contributed by atoms with Crippen molar-refractivity contribution in [2.75, 3.05) is 0 Å². The molecule has 3 aliphatic rings. The second-order valence-corrected chi connectivity index (χ2v) is 8.23. The molecule has 6 atom stereocenters. The summed E-state index contributed by atoms with van der Waals surface area (Å²) in [4.78, 5) is 35.0. The van der Waals surface area contributed by atoms with E-state index in [0.29, 0.717) is 42.3 Å². The fourth-order valence-corrected chi connectivity index (χ4v) is 5.81. The van der Waals surface area contributed by atoms with Gasteiger partial charge in [-0.1, -0.05) is 0 Å². The van der Waals surface area contributed by atoms with Crippen LogP contribution in [0.4, 0.5) is 0 Å². The highest BCUT2D eigenvalue weighted by Crippen LogP contribution is 2.53. The molecule has 4 heteroatoms. The Bertz CT molecular complexity index is 512. The first-order valence-corrected chi connectivity index (χ1v) is 9.65.